The van der Waals surface area contributed by atoms with Gasteiger partial charge in [0.1, 0.15) is 22.7 Å². The van der Waals surface area contributed by atoms with Crippen LogP contribution in [0.3, 0.4) is 0 Å². The van der Waals surface area contributed by atoms with E-state index in [0.717, 1.165) is 43.9 Å². The molecule has 2 atom stereocenters. The maximum absolute atomic E-state index is 9.58. The Hall–Kier alpha value is -2.12. The molecular weight excluding hydrogens is 404 g/mol. The van der Waals surface area contributed by atoms with E-state index in [-0.39, 0.29) is 16.8 Å². The molecule has 0 saturated carbocycles. The molecule has 2 saturated heterocycles. The topological polar surface area (TPSA) is 65.4 Å². The van der Waals surface area contributed by atoms with Crippen LogP contribution in [0.1, 0.15) is 38.8 Å². The van der Waals surface area contributed by atoms with E-state index in [1.54, 1.807) is 24.3 Å². The normalized spacial score (nSPS) is 28.6. The summed E-state index contributed by atoms with van der Waals surface area (Å²) >= 11 is 0. The van der Waals surface area contributed by atoms with Crippen LogP contribution in [0, 0.1) is 0 Å². The average molecular weight is 443 g/mol. The Kier molecular flexibility index (Phi) is 7.20. The van der Waals surface area contributed by atoms with E-state index in [9.17, 15) is 10.2 Å². The van der Waals surface area contributed by atoms with Gasteiger partial charge in [-0.15, -0.1) is 0 Å². The van der Waals surface area contributed by atoms with Gasteiger partial charge in [0.2, 0.25) is 0 Å². The van der Waals surface area contributed by atoms with Crippen LogP contribution in [0.15, 0.2) is 48.5 Å². The van der Waals surface area contributed by atoms with Crippen LogP contribution in [0.25, 0.3) is 0 Å². The van der Waals surface area contributed by atoms with Crippen molar-refractivity contribution >= 4 is 0 Å². The lowest BCUT2D eigenvalue weighted by molar-refractivity contribution is -0.190. The van der Waals surface area contributed by atoms with Gasteiger partial charge in [-0.2, -0.15) is 0 Å². The summed E-state index contributed by atoms with van der Waals surface area (Å²) in [7, 11) is 4.19. The van der Waals surface area contributed by atoms with E-state index in [1.165, 1.54) is 0 Å². The highest BCUT2D eigenvalue weighted by atomic mass is 16.5. The Morgan fingerprint density at radius 1 is 0.750 bits per heavy atom. The zero-order valence-corrected chi connectivity index (χ0v) is 20.3. The van der Waals surface area contributed by atoms with E-state index >= 15 is 0 Å². The molecule has 2 aliphatic rings. The number of ether oxygens (including phenoxy) is 2. The van der Waals surface area contributed by atoms with E-state index < -0.39 is 0 Å². The second kappa shape index (κ2) is 9.40. The Morgan fingerprint density at radius 3 is 1.78 bits per heavy atom. The van der Waals surface area contributed by atoms with E-state index in [0.29, 0.717) is 11.5 Å². The number of phenols is 2. The number of benzene rings is 2. The molecule has 6 nitrogen and oxygen atoms in total. The molecule has 6 heteroatoms. The Morgan fingerprint density at radius 2 is 1.28 bits per heavy atom. The highest BCUT2D eigenvalue weighted by Gasteiger charge is 2.41. The van der Waals surface area contributed by atoms with Gasteiger partial charge >= 0.3 is 0 Å². The third kappa shape index (κ3) is 6.01. The molecule has 0 aromatic heterocycles. The molecular formula is C26H38N2O4. The largest absolute Gasteiger partial charge is 0.508 e. The second-order valence-corrected chi connectivity index (χ2v) is 10.2. The third-order valence-corrected chi connectivity index (χ3v) is 6.10. The first-order valence-electron chi connectivity index (χ1n) is 11.2. The van der Waals surface area contributed by atoms with Crippen molar-refractivity contribution < 1.29 is 19.7 Å². The molecule has 2 aliphatic heterocycles. The van der Waals surface area contributed by atoms with E-state index in [1.807, 2.05) is 24.3 Å². The first-order valence-corrected chi connectivity index (χ1v) is 11.2. The van der Waals surface area contributed by atoms with Gasteiger partial charge in [0.25, 0.3) is 0 Å². The average Bonchev–Trinajstić information content (AvgIpc) is 2.66. The molecule has 32 heavy (non-hydrogen) atoms. The van der Waals surface area contributed by atoms with Gasteiger partial charge in [0.15, 0.2) is 0 Å². The molecule has 2 aromatic rings. The van der Waals surface area contributed by atoms with Crippen molar-refractivity contribution in [2.45, 2.75) is 44.5 Å². The molecule has 2 fully saturated rings. The Bertz CT molecular complexity index is 918. The van der Waals surface area contributed by atoms with Gasteiger partial charge in [-0.3, -0.25) is 0 Å². The number of hydrogen-bond donors (Lipinski definition) is 2. The summed E-state index contributed by atoms with van der Waals surface area (Å²) in [5.41, 5.74) is 1.22. The standard InChI is InChI=1S/C14H21NO2.C12H17NO2/c1-13(2)9-15(4)10-14(3,17-13)11-6-5-7-12(16)8-11;1-12(9-13(2)6-7-15-12)10-4-3-5-11(14)8-10/h5-8,16H,9-10H2,1-4H3;3-5,8,14H,6-7,9H2,1-2H3. The number of aromatic hydroxyl groups is 2. The van der Waals surface area contributed by atoms with Crippen LogP contribution < -0.4 is 0 Å². The lowest BCUT2D eigenvalue weighted by Gasteiger charge is -2.47. The zero-order valence-electron chi connectivity index (χ0n) is 20.3. The minimum atomic E-state index is -0.366. The first kappa shape index (κ1) is 24.5. The fraction of sp³-hybridized carbons (Fsp3) is 0.538. The molecule has 2 aromatic carbocycles. The summed E-state index contributed by atoms with van der Waals surface area (Å²) in [5, 5.41) is 19.0. The lowest BCUT2D eigenvalue weighted by Crippen LogP contribution is -2.55. The summed E-state index contributed by atoms with van der Waals surface area (Å²) in [6.07, 6.45) is 0. The summed E-state index contributed by atoms with van der Waals surface area (Å²) in [6.45, 7) is 12.7. The van der Waals surface area contributed by atoms with Crippen molar-refractivity contribution in [2.24, 2.45) is 0 Å². The van der Waals surface area contributed by atoms with Crippen LogP contribution >= 0.6 is 0 Å². The molecule has 0 bridgehead atoms. The Balaban J connectivity index is 0.000000182. The molecule has 4 rings (SSSR count). The SMILES string of the molecule is CN1CC(C)(C)OC(C)(c2cccc(O)c2)C1.CN1CCOC(C)(c2cccc(O)c2)C1. The van der Waals surface area contributed by atoms with Crippen LogP contribution in [0.4, 0.5) is 0 Å². The van der Waals surface area contributed by atoms with Crippen molar-refractivity contribution in [3.63, 3.8) is 0 Å². The minimum Gasteiger partial charge on any atom is -0.508 e. The molecule has 2 heterocycles. The number of hydrogen-bond acceptors (Lipinski definition) is 6. The number of morpholine rings is 2. The van der Waals surface area contributed by atoms with Crippen LogP contribution in [0.5, 0.6) is 11.5 Å². The molecule has 0 radical (unpaired) electrons. The number of phenolic OH excluding ortho intramolecular Hbond substituents is 2. The molecule has 0 spiro atoms. The predicted molar refractivity (Wildman–Crippen MR) is 127 cm³/mol. The fourth-order valence-electron chi connectivity index (χ4n) is 4.96. The summed E-state index contributed by atoms with van der Waals surface area (Å²) in [6, 6.07) is 14.7. The lowest BCUT2D eigenvalue weighted by atomic mass is 9.90. The molecule has 0 amide bonds. The van der Waals surface area contributed by atoms with Gasteiger partial charge in [-0.25, -0.2) is 0 Å². The maximum atomic E-state index is 9.58. The zero-order chi connectivity index (χ0) is 23.6. The monoisotopic (exact) mass is 442 g/mol. The van der Waals surface area contributed by atoms with Crippen LogP contribution in [-0.2, 0) is 20.7 Å². The van der Waals surface area contributed by atoms with Gasteiger partial charge in [-0.1, -0.05) is 24.3 Å². The molecule has 2 unspecified atom stereocenters. The molecule has 2 N–H and O–H groups in total. The van der Waals surface area contributed by atoms with Gasteiger partial charge in [-0.05, 0) is 77.2 Å². The summed E-state index contributed by atoms with van der Waals surface area (Å²) < 4.78 is 12.0. The van der Waals surface area contributed by atoms with Gasteiger partial charge in [0, 0.05) is 26.2 Å². The highest BCUT2D eigenvalue weighted by Crippen LogP contribution is 2.36. The fourth-order valence-corrected chi connectivity index (χ4v) is 4.96. The molecule has 0 aliphatic carbocycles. The number of nitrogens with zero attached hydrogens (tertiary/aromatic N) is 2. The third-order valence-electron chi connectivity index (χ3n) is 6.10. The van der Waals surface area contributed by atoms with Crippen molar-refractivity contribution in [3.8, 4) is 11.5 Å². The van der Waals surface area contributed by atoms with Crippen LogP contribution in [0.2, 0.25) is 0 Å². The van der Waals surface area contributed by atoms with Crippen LogP contribution in [-0.4, -0.2) is 72.5 Å². The quantitative estimate of drug-likeness (QED) is 0.735. The number of likely N-dealkylation sites (N-methyl/N-ethyl adjacent to an activating group) is 2. The van der Waals surface area contributed by atoms with Crippen molar-refractivity contribution in [2.75, 3.05) is 46.9 Å². The maximum Gasteiger partial charge on any atom is 0.115 e. The van der Waals surface area contributed by atoms with Crippen molar-refractivity contribution in [1.82, 2.24) is 9.80 Å². The van der Waals surface area contributed by atoms with Crippen molar-refractivity contribution in [3.05, 3.63) is 59.7 Å². The highest BCUT2D eigenvalue weighted by molar-refractivity contribution is 5.32. The van der Waals surface area contributed by atoms with Crippen molar-refractivity contribution in [1.29, 1.82) is 0 Å². The summed E-state index contributed by atoms with van der Waals surface area (Å²) in [5.74, 6) is 0.587. The number of rotatable bonds is 2. The summed E-state index contributed by atoms with van der Waals surface area (Å²) in [4.78, 5) is 4.51. The van der Waals surface area contributed by atoms with E-state index in [2.05, 4.69) is 51.6 Å². The minimum absolute atomic E-state index is 0.173. The smallest absolute Gasteiger partial charge is 0.115 e. The predicted octanol–water partition coefficient (Wildman–Crippen LogP) is 3.92. The van der Waals surface area contributed by atoms with Gasteiger partial charge < -0.3 is 29.5 Å². The second-order valence-electron chi connectivity index (χ2n) is 10.2. The Labute approximate surface area is 192 Å². The van der Waals surface area contributed by atoms with Gasteiger partial charge in [0.05, 0.1) is 12.2 Å². The first-order chi connectivity index (χ1) is 14.9. The molecule has 176 valence electrons. The van der Waals surface area contributed by atoms with E-state index in [4.69, 9.17) is 9.47 Å².